The molecule has 17 heavy (non-hydrogen) atoms. The van der Waals surface area contributed by atoms with Gasteiger partial charge in [-0.3, -0.25) is 4.79 Å². The maximum Gasteiger partial charge on any atom is 0.239 e. The van der Waals surface area contributed by atoms with E-state index in [9.17, 15) is 4.79 Å². The Morgan fingerprint density at radius 1 is 1.35 bits per heavy atom. The van der Waals surface area contributed by atoms with E-state index in [1.165, 1.54) is 0 Å². The molecule has 2 aliphatic rings. The van der Waals surface area contributed by atoms with Crippen LogP contribution in [0.15, 0.2) is 0 Å². The molecule has 1 aliphatic heterocycles. The van der Waals surface area contributed by atoms with Crippen molar-refractivity contribution in [1.82, 2.24) is 10.2 Å². The zero-order chi connectivity index (χ0) is 12.3. The maximum absolute atomic E-state index is 12.1. The molecule has 0 aromatic carbocycles. The van der Waals surface area contributed by atoms with E-state index in [-0.39, 0.29) is 11.9 Å². The number of carbonyl (C=O) groups is 1. The van der Waals surface area contributed by atoms with Gasteiger partial charge in [-0.25, -0.2) is 0 Å². The van der Waals surface area contributed by atoms with Gasteiger partial charge in [-0.2, -0.15) is 0 Å². The van der Waals surface area contributed by atoms with Gasteiger partial charge in [0.2, 0.25) is 5.91 Å². The lowest BCUT2D eigenvalue weighted by molar-refractivity contribution is -0.132. The number of methoxy groups -OCH3 is 1. The van der Waals surface area contributed by atoms with E-state index in [0.717, 1.165) is 45.2 Å². The molecule has 0 spiro atoms. The molecule has 0 radical (unpaired) electrons. The molecule has 2 fully saturated rings. The normalized spacial score (nSPS) is 30.8. The molecule has 1 N–H and O–H groups in total. The summed E-state index contributed by atoms with van der Waals surface area (Å²) < 4.78 is 5.35. The Bertz CT molecular complexity index is 264. The Balaban J connectivity index is 1.76. The van der Waals surface area contributed by atoms with Gasteiger partial charge in [0.15, 0.2) is 0 Å². The number of nitrogens with one attached hydrogen (secondary N) is 1. The predicted octanol–water partition coefficient (Wildman–Crippen LogP) is 1.15. The summed E-state index contributed by atoms with van der Waals surface area (Å²) in [6.45, 7) is 3.87. The number of rotatable bonds is 4. The molecule has 1 aliphatic carbocycles. The third-order valence-corrected chi connectivity index (χ3v) is 3.99. The number of likely N-dealkylation sites (tertiary alicyclic amines) is 1. The topological polar surface area (TPSA) is 41.6 Å². The fourth-order valence-electron chi connectivity index (χ4n) is 2.94. The van der Waals surface area contributed by atoms with Crippen LogP contribution in [0, 0.1) is 0 Å². The highest BCUT2D eigenvalue weighted by atomic mass is 16.5. The molecular formula is C13H24N2O2. The van der Waals surface area contributed by atoms with Crippen molar-refractivity contribution in [3.05, 3.63) is 0 Å². The van der Waals surface area contributed by atoms with Crippen molar-refractivity contribution in [2.75, 3.05) is 20.2 Å². The van der Waals surface area contributed by atoms with Crippen molar-refractivity contribution in [2.45, 2.75) is 57.2 Å². The number of amides is 1. The summed E-state index contributed by atoms with van der Waals surface area (Å²) in [5.74, 6) is 0.267. The van der Waals surface area contributed by atoms with Gasteiger partial charge in [0.1, 0.15) is 0 Å². The first-order valence-corrected chi connectivity index (χ1v) is 6.78. The van der Waals surface area contributed by atoms with Gasteiger partial charge in [-0.1, -0.05) is 0 Å². The molecule has 1 amide bonds. The summed E-state index contributed by atoms with van der Waals surface area (Å²) in [4.78, 5) is 14.1. The van der Waals surface area contributed by atoms with E-state index in [1.54, 1.807) is 7.11 Å². The molecular weight excluding hydrogens is 216 g/mol. The molecule has 0 aromatic rings. The Morgan fingerprint density at radius 3 is 2.65 bits per heavy atom. The molecule has 2 rings (SSSR count). The number of nitrogens with zero attached hydrogens (tertiary/aromatic N) is 1. The lowest BCUT2D eigenvalue weighted by Gasteiger charge is -2.24. The van der Waals surface area contributed by atoms with Gasteiger partial charge < -0.3 is 15.0 Å². The van der Waals surface area contributed by atoms with Crippen molar-refractivity contribution in [3.8, 4) is 0 Å². The highest BCUT2D eigenvalue weighted by molar-refractivity contribution is 5.81. The van der Waals surface area contributed by atoms with E-state index in [1.807, 2.05) is 11.8 Å². The summed E-state index contributed by atoms with van der Waals surface area (Å²) in [5, 5.41) is 3.45. The highest BCUT2D eigenvalue weighted by Crippen LogP contribution is 2.22. The Labute approximate surface area is 104 Å². The van der Waals surface area contributed by atoms with Crippen LogP contribution in [-0.4, -0.2) is 49.2 Å². The monoisotopic (exact) mass is 240 g/mol. The SMILES string of the molecule is COC1CCC(NC(C)C(=O)N2CCCC2)C1. The standard InChI is InChI=1S/C13H24N2O2/c1-10(13(16)15-7-3-4-8-15)14-11-5-6-12(9-11)17-2/h10-12,14H,3-9H2,1-2H3. The van der Waals surface area contributed by atoms with Crippen LogP contribution in [0.25, 0.3) is 0 Å². The largest absolute Gasteiger partial charge is 0.381 e. The lowest BCUT2D eigenvalue weighted by atomic mass is 10.2. The van der Waals surface area contributed by atoms with E-state index in [4.69, 9.17) is 4.74 Å². The van der Waals surface area contributed by atoms with E-state index in [2.05, 4.69) is 5.32 Å². The molecule has 3 atom stereocenters. The molecule has 4 nitrogen and oxygen atoms in total. The second kappa shape index (κ2) is 5.83. The van der Waals surface area contributed by atoms with Crippen molar-refractivity contribution in [3.63, 3.8) is 0 Å². The third kappa shape index (κ3) is 3.19. The summed E-state index contributed by atoms with van der Waals surface area (Å²) >= 11 is 0. The number of carbonyl (C=O) groups excluding carboxylic acids is 1. The second-order valence-corrected chi connectivity index (χ2v) is 5.29. The van der Waals surface area contributed by atoms with E-state index >= 15 is 0 Å². The van der Waals surface area contributed by atoms with Gasteiger partial charge in [-0.15, -0.1) is 0 Å². The molecule has 0 bridgehead atoms. The zero-order valence-electron chi connectivity index (χ0n) is 10.9. The molecule has 1 saturated heterocycles. The quantitative estimate of drug-likeness (QED) is 0.801. The Hall–Kier alpha value is -0.610. The highest BCUT2D eigenvalue weighted by Gasteiger charge is 2.29. The van der Waals surface area contributed by atoms with Crippen LogP contribution in [0.3, 0.4) is 0 Å². The van der Waals surface area contributed by atoms with Crippen molar-refractivity contribution in [2.24, 2.45) is 0 Å². The molecule has 98 valence electrons. The molecule has 3 unspecified atom stereocenters. The summed E-state index contributed by atoms with van der Waals surface area (Å²) in [7, 11) is 1.77. The number of hydrogen-bond donors (Lipinski definition) is 1. The molecule has 4 heteroatoms. The van der Waals surface area contributed by atoms with Crippen molar-refractivity contribution in [1.29, 1.82) is 0 Å². The smallest absolute Gasteiger partial charge is 0.239 e. The maximum atomic E-state index is 12.1. The first-order valence-electron chi connectivity index (χ1n) is 6.78. The van der Waals surface area contributed by atoms with Crippen LogP contribution >= 0.6 is 0 Å². The van der Waals surface area contributed by atoms with Crippen LogP contribution < -0.4 is 5.32 Å². The average molecular weight is 240 g/mol. The number of ether oxygens (including phenoxy) is 1. The molecule has 1 saturated carbocycles. The minimum Gasteiger partial charge on any atom is -0.381 e. The summed E-state index contributed by atoms with van der Waals surface area (Å²) in [5.41, 5.74) is 0. The van der Waals surface area contributed by atoms with Crippen LogP contribution in [0.4, 0.5) is 0 Å². The fourth-order valence-corrected chi connectivity index (χ4v) is 2.94. The van der Waals surface area contributed by atoms with Crippen LogP contribution in [0.5, 0.6) is 0 Å². The summed E-state index contributed by atoms with van der Waals surface area (Å²) in [6.07, 6.45) is 5.96. The van der Waals surface area contributed by atoms with Crippen LogP contribution in [-0.2, 0) is 9.53 Å². The molecule has 0 aromatic heterocycles. The minimum absolute atomic E-state index is 0.0475. The zero-order valence-corrected chi connectivity index (χ0v) is 10.9. The van der Waals surface area contributed by atoms with Gasteiger partial charge >= 0.3 is 0 Å². The van der Waals surface area contributed by atoms with Gasteiger partial charge in [0.05, 0.1) is 12.1 Å². The van der Waals surface area contributed by atoms with Crippen molar-refractivity contribution < 1.29 is 9.53 Å². The first kappa shape index (κ1) is 12.8. The van der Waals surface area contributed by atoms with E-state index < -0.39 is 0 Å². The van der Waals surface area contributed by atoms with Gasteiger partial charge in [-0.05, 0) is 39.0 Å². The molecule has 1 heterocycles. The van der Waals surface area contributed by atoms with Crippen LogP contribution in [0.2, 0.25) is 0 Å². The first-order chi connectivity index (χ1) is 8.20. The fraction of sp³-hybridized carbons (Fsp3) is 0.923. The van der Waals surface area contributed by atoms with Crippen molar-refractivity contribution >= 4 is 5.91 Å². The minimum atomic E-state index is -0.0475. The van der Waals surface area contributed by atoms with Crippen LogP contribution in [0.1, 0.15) is 39.0 Å². The second-order valence-electron chi connectivity index (χ2n) is 5.29. The third-order valence-electron chi connectivity index (χ3n) is 3.99. The van der Waals surface area contributed by atoms with Gasteiger partial charge in [0, 0.05) is 26.2 Å². The van der Waals surface area contributed by atoms with E-state index in [0.29, 0.717) is 12.1 Å². The summed E-state index contributed by atoms with van der Waals surface area (Å²) in [6, 6.07) is 0.398. The number of hydrogen-bond acceptors (Lipinski definition) is 3. The Kier molecular flexibility index (Phi) is 4.40. The van der Waals surface area contributed by atoms with Gasteiger partial charge in [0.25, 0.3) is 0 Å². The average Bonchev–Trinajstić information content (AvgIpc) is 2.98. The lowest BCUT2D eigenvalue weighted by Crippen LogP contribution is -2.47. The predicted molar refractivity (Wildman–Crippen MR) is 66.8 cm³/mol. The Morgan fingerprint density at radius 2 is 2.06 bits per heavy atom.